The van der Waals surface area contributed by atoms with Gasteiger partial charge in [0.1, 0.15) is 0 Å². The molecule has 4 aliphatic heterocycles. The highest BCUT2D eigenvalue weighted by molar-refractivity contribution is 9.10. The lowest BCUT2D eigenvalue weighted by Gasteiger charge is -2.31. The Bertz CT molecular complexity index is 2520. The topological polar surface area (TPSA) is 0 Å². The Morgan fingerprint density at radius 1 is 0.341 bits per heavy atom. The van der Waals surface area contributed by atoms with Crippen LogP contribution in [0.5, 0.6) is 0 Å². The summed E-state index contributed by atoms with van der Waals surface area (Å²) in [5, 5.41) is 8.43. The van der Waals surface area contributed by atoms with Gasteiger partial charge in [0.25, 0.3) is 0 Å². The molecule has 0 amide bonds. The summed E-state index contributed by atoms with van der Waals surface area (Å²) in [4.78, 5) is 0. The van der Waals surface area contributed by atoms with E-state index in [1.165, 1.54) is 110 Å². The molecule has 44 heavy (non-hydrogen) atoms. The molecule has 4 heterocycles. The monoisotopic (exact) mass is 678 g/mol. The van der Waals surface area contributed by atoms with Crippen LogP contribution in [0.3, 0.4) is 0 Å². The van der Waals surface area contributed by atoms with E-state index in [2.05, 4.69) is 141 Å². The molecule has 0 radical (unpaired) electrons. The first kappa shape index (κ1) is 23.3. The highest BCUT2D eigenvalue weighted by Crippen LogP contribution is 2.47. The average molecular weight is 680 g/mol. The zero-order valence-electron chi connectivity index (χ0n) is 23.3. The zero-order chi connectivity index (χ0) is 28.6. The van der Waals surface area contributed by atoms with E-state index in [0.29, 0.717) is 0 Å². The molecule has 4 heteroatoms. The Balaban J connectivity index is 1.29. The Morgan fingerprint density at radius 3 is 1.20 bits per heavy atom. The van der Waals surface area contributed by atoms with E-state index in [1.54, 1.807) is 0 Å². The maximum atomic E-state index is 3.89. The van der Waals surface area contributed by atoms with Crippen molar-refractivity contribution in [3.63, 3.8) is 0 Å². The number of halogens is 2. The predicted molar refractivity (Wildman–Crippen MR) is 197 cm³/mol. The Morgan fingerprint density at radius 2 is 0.750 bits per heavy atom. The molecule has 8 aromatic rings. The van der Waals surface area contributed by atoms with Gasteiger partial charge >= 0.3 is 0 Å². The molecule has 0 bridgehead atoms. The van der Waals surface area contributed by atoms with Crippen LogP contribution < -0.4 is 32.8 Å². The second-order valence-corrected chi connectivity index (χ2v) is 14.8. The van der Waals surface area contributed by atoms with E-state index in [4.69, 9.17) is 0 Å². The maximum Gasteiger partial charge on any atom is 0.244 e. The predicted octanol–water partition coefficient (Wildman–Crippen LogP) is 7.06. The molecule has 0 aliphatic carbocycles. The normalized spacial score (nSPS) is 14.0. The molecule has 0 aromatic heterocycles. The van der Waals surface area contributed by atoms with Gasteiger partial charge in [-0.05, 0) is 101 Å². The summed E-state index contributed by atoms with van der Waals surface area (Å²) in [5.74, 6) is 0. The first-order chi connectivity index (χ1) is 21.7. The standard InChI is InChI=1S/C40H18B2Br2/c43-21-15-27-23-5-1-3-7-31(23)41-33-13-19-10-12-26-30-18-22(44)16-28-24-6-2-4-8-32(24)42(40(28)30)34-14-20-9-11-25(29(17-21)39(27)41)37(33)35(20)36(19)38(26)34/h1-18H. The third kappa shape index (κ3) is 2.49. The van der Waals surface area contributed by atoms with Gasteiger partial charge in [-0.15, -0.1) is 0 Å². The van der Waals surface area contributed by atoms with Gasteiger partial charge in [-0.3, -0.25) is 0 Å². The third-order valence-electron chi connectivity index (χ3n) is 11.1. The van der Waals surface area contributed by atoms with Crippen molar-refractivity contribution in [1.82, 2.24) is 0 Å². The number of benzene rings is 8. The molecular formula is C40H18B2Br2. The largest absolute Gasteiger partial charge is 0.244 e. The lowest BCUT2D eigenvalue weighted by atomic mass is 9.34. The van der Waals surface area contributed by atoms with Crippen LogP contribution >= 0.6 is 31.9 Å². The minimum atomic E-state index is 0.249. The van der Waals surface area contributed by atoms with Gasteiger partial charge in [0, 0.05) is 8.95 Å². The Labute approximate surface area is 271 Å². The van der Waals surface area contributed by atoms with Gasteiger partial charge < -0.3 is 0 Å². The third-order valence-corrected chi connectivity index (χ3v) is 12.0. The molecule has 198 valence electrons. The zero-order valence-corrected chi connectivity index (χ0v) is 26.5. The van der Waals surface area contributed by atoms with E-state index >= 15 is 0 Å². The summed E-state index contributed by atoms with van der Waals surface area (Å²) in [5.41, 5.74) is 19.7. The molecule has 12 rings (SSSR count). The molecule has 0 N–H and O–H groups in total. The minimum Gasteiger partial charge on any atom is -0.0664 e. The van der Waals surface area contributed by atoms with Crippen LogP contribution in [0.15, 0.2) is 118 Å². The summed E-state index contributed by atoms with van der Waals surface area (Å²) in [7, 11) is 0. The van der Waals surface area contributed by atoms with Gasteiger partial charge in [-0.1, -0.05) is 150 Å². The SMILES string of the molecule is Brc1cc2c3c(c1)-c1ccc4cc5c6c(ccc7cc(c1c4c76)B3c1ccccc1-2)-c1cc(Br)cc2c1B5c1ccccc1-2. The van der Waals surface area contributed by atoms with Gasteiger partial charge in [0.15, 0.2) is 0 Å². The van der Waals surface area contributed by atoms with E-state index in [1.807, 2.05) is 0 Å². The van der Waals surface area contributed by atoms with Crippen molar-refractivity contribution < 1.29 is 0 Å². The lowest BCUT2D eigenvalue weighted by Crippen LogP contribution is -2.52. The fraction of sp³-hybridized carbons (Fsp3) is 0. The van der Waals surface area contributed by atoms with Gasteiger partial charge in [-0.2, -0.15) is 0 Å². The van der Waals surface area contributed by atoms with Crippen molar-refractivity contribution >= 4 is 110 Å². The van der Waals surface area contributed by atoms with Crippen LogP contribution in [0.4, 0.5) is 0 Å². The van der Waals surface area contributed by atoms with Crippen molar-refractivity contribution in [2.24, 2.45) is 0 Å². The van der Waals surface area contributed by atoms with E-state index in [9.17, 15) is 0 Å². The summed E-state index contributed by atoms with van der Waals surface area (Å²) >= 11 is 7.78. The Kier molecular flexibility index (Phi) is 4.01. The smallest absolute Gasteiger partial charge is 0.0664 e. The van der Waals surface area contributed by atoms with Gasteiger partial charge in [-0.25, -0.2) is 0 Å². The van der Waals surface area contributed by atoms with Crippen LogP contribution in [0.2, 0.25) is 0 Å². The van der Waals surface area contributed by atoms with Crippen LogP contribution in [0.1, 0.15) is 0 Å². The van der Waals surface area contributed by atoms with Crippen LogP contribution in [0, 0.1) is 0 Å². The molecular weight excluding hydrogens is 662 g/mol. The fourth-order valence-electron chi connectivity index (χ4n) is 9.69. The van der Waals surface area contributed by atoms with Crippen molar-refractivity contribution in [2.45, 2.75) is 0 Å². The number of fused-ring (bicyclic) bond motifs is 10. The molecule has 0 unspecified atom stereocenters. The van der Waals surface area contributed by atoms with Crippen LogP contribution in [0.25, 0.3) is 76.8 Å². The molecule has 8 aromatic carbocycles. The van der Waals surface area contributed by atoms with Crippen LogP contribution in [-0.2, 0) is 0 Å². The highest BCUT2D eigenvalue weighted by Gasteiger charge is 2.43. The molecule has 4 aliphatic rings. The molecule has 0 fully saturated rings. The lowest BCUT2D eigenvalue weighted by molar-refractivity contribution is 1.64. The number of hydrogen-bond acceptors (Lipinski definition) is 0. The van der Waals surface area contributed by atoms with Crippen molar-refractivity contribution in [1.29, 1.82) is 0 Å². The summed E-state index contributed by atoms with van der Waals surface area (Å²) in [6.45, 7) is 0.498. The van der Waals surface area contributed by atoms with E-state index < -0.39 is 0 Å². The first-order valence-corrected chi connectivity index (χ1v) is 16.9. The second kappa shape index (κ2) is 7.57. The quantitative estimate of drug-likeness (QED) is 0.119. The Hall–Kier alpha value is -4.11. The molecule has 0 saturated carbocycles. The highest BCUT2D eigenvalue weighted by atomic mass is 79.9. The number of hydrogen-bond donors (Lipinski definition) is 0. The van der Waals surface area contributed by atoms with E-state index in [-0.39, 0.29) is 13.4 Å². The maximum absolute atomic E-state index is 3.89. The summed E-state index contributed by atoms with van der Waals surface area (Å²) in [6.07, 6.45) is 0. The molecule has 0 saturated heterocycles. The van der Waals surface area contributed by atoms with Crippen molar-refractivity contribution in [3.05, 3.63) is 118 Å². The van der Waals surface area contributed by atoms with Gasteiger partial charge in [0.2, 0.25) is 13.4 Å². The molecule has 0 nitrogen and oxygen atoms in total. The second-order valence-electron chi connectivity index (χ2n) is 13.0. The summed E-state index contributed by atoms with van der Waals surface area (Å²) in [6, 6.07) is 42.2. The van der Waals surface area contributed by atoms with Crippen molar-refractivity contribution in [2.75, 3.05) is 0 Å². The van der Waals surface area contributed by atoms with Crippen LogP contribution in [-0.4, -0.2) is 13.4 Å². The number of rotatable bonds is 0. The minimum absolute atomic E-state index is 0.249. The molecule has 0 spiro atoms. The fourth-order valence-corrected chi connectivity index (χ4v) is 10.6. The van der Waals surface area contributed by atoms with Crippen molar-refractivity contribution in [3.8, 4) is 44.5 Å². The summed E-state index contributed by atoms with van der Waals surface area (Å²) < 4.78 is 2.29. The van der Waals surface area contributed by atoms with E-state index in [0.717, 1.165) is 8.95 Å². The average Bonchev–Trinajstić information content (AvgIpc) is 3.55. The molecule has 0 atom stereocenters. The first-order valence-electron chi connectivity index (χ1n) is 15.3. The van der Waals surface area contributed by atoms with Gasteiger partial charge in [0.05, 0.1) is 0 Å².